The number of nitrogens with zero attached hydrogens (tertiary/aromatic N) is 1. The molecule has 0 aromatic heterocycles. The molecule has 1 atom stereocenters. The smallest absolute Gasteiger partial charge is 0.205 e. The molecule has 0 saturated heterocycles. The van der Waals surface area contributed by atoms with E-state index >= 15 is 0 Å². The fourth-order valence-electron chi connectivity index (χ4n) is 4.01. The minimum atomic E-state index is -0.461. The number of hydrogen-bond donors (Lipinski definition) is 1. The van der Waals surface area contributed by atoms with E-state index in [0.717, 1.165) is 16.3 Å². The number of carbonyl (C=O) groups excluding carboxylic acids is 1. The van der Waals surface area contributed by atoms with Gasteiger partial charge in [-0.2, -0.15) is 5.26 Å². The van der Waals surface area contributed by atoms with Crippen molar-refractivity contribution in [3.63, 3.8) is 0 Å². The maximum Gasteiger partial charge on any atom is 0.205 e. The summed E-state index contributed by atoms with van der Waals surface area (Å²) in [7, 11) is 0. The summed E-state index contributed by atoms with van der Waals surface area (Å²) < 4.78 is 5.73. The summed E-state index contributed by atoms with van der Waals surface area (Å²) in [6, 6.07) is 16.2. The average molecular weight is 344 g/mol. The van der Waals surface area contributed by atoms with Crippen LogP contribution in [0, 0.1) is 16.7 Å². The van der Waals surface area contributed by atoms with Crippen molar-refractivity contribution in [2.45, 2.75) is 32.6 Å². The van der Waals surface area contributed by atoms with Crippen LogP contribution in [-0.2, 0) is 9.53 Å². The first kappa shape index (κ1) is 16.4. The minimum Gasteiger partial charge on any atom is -0.444 e. The number of Topliss-reactive ketones (excluding diaryl/α,β-unsaturated/α-hetero) is 1. The second kappa shape index (κ2) is 5.74. The zero-order valence-electron chi connectivity index (χ0n) is 14.9. The highest BCUT2D eigenvalue weighted by atomic mass is 16.5. The van der Waals surface area contributed by atoms with Crippen molar-refractivity contribution in [3.8, 4) is 6.07 Å². The molecule has 2 aromatic carbocycles. The van der Waals surface area contributed by atoms with Crippen molar-refractivity contribution in [1.82, 2.24) is 0 Å². The lowest BCUT2D eigenvalue weighted by Crippen LogP contribution is -2.33. The van der Waals surface area contributed by atoms with E-state index in [9.17, 15) is 10.1 Å². The lowest BCUT2D eigenvalue weighted by molar-refractivity contribution is -0.119. The number of carbonyl (C=O) groups is 1. The molecule has 0 amide bonds. The number of nitrogens with two attached hydrogens (primary N) is 1. The number of rotatable bonds is 1. The van der Waals surface area contributed by atoms with Gasteiger partial charge in [0.05, 0.1) is 5.92 Å². The van der Waals surface area contributed by atoms with Gasteiger partial charge in [-0.3, -0.25) is 4.79 Å². The molecule has 2 aliphatic rings. The summed E-state index contributed by atoms with van der Waals surface area (Å²) in [6.45, 7) is 4.09. The molecule has 0 fully saturated rings. The van der Waals surface area contributed by atoms with Gasteiger partial charge in [-0.05, 0) is 21.8 Å². The Hall–Kier alpha value is -3.06. The third-order valence-corrected chi connectivity index (χ3v) is 5.18. The maximum absolute atomic E-state index is 12.9. The topological polar surface area (TPSA) is 76.1 Å². The van der Waals surface area contributed by atoms with Crippen molar-refractivity contribution in [2.75, 3.05) is 0 Å². The van der Waals surface area contributed by atoms with Gasteiger partial charge < -0.3 is 10.5 Å². The molecule has 1 aliphatic carbocycles. The standard InChI is InChI=1S/C22H20N2O2/c1-22(2)10-17(25)20-18(11-22)26-21(24)16(12-23)19(20)15-8-7-13-5-3-4-6-14(13)9-15/h3-9,19H,10-11,24H2,1-2H3. The van der Waals surface area contributed by atoms with Crippen LogP contribution >= 0.6 is 0 Å². The molecule has 4 heteroatoms. The Morgan fingerprint density at radius 1 is 1.15 bits per heavy atom. The van der Waals surface area contributed by atoms with Gasteiger partial charge >= 0.3 is 0 Å². The number of ketones is 1. The largest absolute Gasteiger partial charge is 0.444 e. The Balaban J connectivity index is 1.92. The van der Waals surface area contributed by atoms with Crippen LogP contribution in [0.5, 0.6) is 0 Å². The van der Waals surface area contributed by atoms with Gasteiger partial charge in [0.1, 0.15) is 17.4 Å². The van der Waals surface area contributed by atoms with Crippen LogP contribution in [-0.4, -0.2) is 5.78 Å². The van der Waals surface area contributed by atoms with Crippen molar-refractivity contribution < 1.29 is 9.53 Å². The zero-order chi connectivity index (χ0) is 18.5. The number of allylic oxidation sites excluding steroid dienone is 3. The zero-order valence-corrected chi connectivity index (χ0v) is 14.9. The molecular weight excluding hydrogens is 324 g/mol. The molecular formula is C22H20N2O2. The third-order valence-electron chi connectivity index (χ3n) is 5.18. The SMILES string of the molecule is CC1(C)CC(=O)C2=C(C1)OC(N)=C(C#N)C2c1ccc2ccccc2c1. The fraction of sp³-hybridized carbons (Fsp3) is 0.273. The Labute approximate surface area is 152 Å². The van der Waals surface area contributed by atoms with E-state index in [1.54, 1.807) is 0 Å². The normalized spacial score (nSPS) is 22.0. The molecule has 4 nitrogen and oxygen atoms in total. The molecule has 2 N–H and O–H groups in total. The van der Waals surface area contributed by atoms with Gasteiger partial charge in [-0.15, -0.1) is 0 Å². The molecule has 1 unspecified atom stereocenters. The van der Waals surface area contributed by atoms with Gasteiger partial charge in [0.25, 0.3) is 0 Å². The summed E-state index contributed by atoms with van der Waals surface area (Å²) in [5, 5.41) is 11.9. The predicted molar refractivity (Wildman–Crippen MR) is 99.6 cm³/mol. The summed E-state index contributed by atoms with van der Waals surface area (Å²) in [5.41, 5.74) is 7.68. The second-order valence-corrected chi connectivity index (χ2v) is 7.81. The monoisotopic (exact) mass is 344 g/mol. The molecule has 130 valence electrons. The van der Waals surface area contributed by atoms with E-state index in [2.05, 4.69) is 6.07 Å². The van der Waals surface area contributed by atoms with E-state index in [0.29, 0.717) is 29.7 Å². The number of hydrogen-bond acceptors (Lipinski definition) is 4. The van der Waals surface area contributed by atoms with Crippen molar-refractivity contribution in [2.24, 2.45) is 11.1 Å². The van der Waals surface area contributed by atoms with Gasteiger partial charge in [0.15, 0.2) is 5.78 Å². The lowest BCUT2D eigenvalue weighted by atomic mass is 9.70. The van der Waals surface area contributed by atoms with E-state index in [4.69, 9.17) is 10.5 Å². The van der Waals surface area contributed by atoms with Crippen molar-refractivity contribution in [3.05, 3.63) is 70.8 Å². The van der Waals surface area contributed by atoms with Crippen molar-refractivity contribution >= 4 is 16.6 Å². The molecule has 4 rings (SSSR count). The number of benzene rings is 2. The number of ether oxygens (including phenoxy) is 1. The molecule has 1 heterocycles. The Kier molecular flexibility index (Phi) is 3.62. The van der Waals surface area contributed by atoms with Crippen LogP contribution in [0.2, 0.25) is 0 Å². The van der Waals surface area contributed by atoms with Crippen LogP contribution in [0.1, 0.15) is 38.2 Å². The van der Waals surface area contributed by atoms with Crippen molar-refractivity contribution in [1.29, 1.82) is 5.26 Å². The average Bonchev–Trinajstić information content (AvgIpc) is 2.59. The van der Waals surface area contributed by atoms with Gasteiger partial charge in [0, 0.05) is 18.4 Å². The quantitative estimate of drug-likeness (QED) is 0.837. The molecule has 0 saturated carbocycles. The summed E-state index contributed by atoms with van der Waals surface area (Å²) >= 11 is 0. The fourth-order valence-corrected chi connectivity index (χ4v) is 4.01. The first-order valence-electron chi connectivity index (χ1n) is 8.72. The first-order valence-corrected chi connectivity index (χ1v) is 8.72. The maximum atomic E-state index is 12.9. The van der Waals surface area contributed by atoms with Crippen LogP contribution in [0.15, 0.2) is 65.3 Å². The second-order valence-electron chi connectivity index (χ2n) is 7.81. The number of fused-ring (bicyclic) bond motifs is 1. The summed E-state index contributed by atoms with van der Waals surface area (Å²) in [6.07, 6.45) is 1.08. The van der Waals surface area contributed by atoms with E-state index < -0.39 is 5.92 Å². The molecule has 0 radical (unpaired) electrons. The van der Waals surface area contributed by atoms with Crippen LogP contribution < -0.4 is 5.73 Å². The highest BCUT2D eigenvalue weighted by molar-refractivity contribution is 6.00. The van der Waals surface area contributed by atoms with E-state index in [1.807, 2.05) is 56.3 Å². The highest BCUT2D eigenvalue weighted by Gasteiger charge is 2.42. The Bertz CT molecular complexity index is 1040. The van der Waals surface area contributed by atoms with E-state index in [1.165, 1.54) is 0 Å². The van der Waals surface area contributed by atoms with E-state index in [-0.39, 0.29) is 17.1 Å². The first-order chi connectivity index (χ1) is 12.4. The summed E-state index contributed by atoms with van der Waals surface area (Å²) in [4.78, 5) is 12.9. The predicted octanol–water partition coefficient (Wildman–Crippen LogP) is 4.29. The Morgan fingerprint density at radius 3 is 2.62 bits per heavy atom. The van der Waals surface area contributed by atoms with Crippen LogP contribution in [0.25, 0.3) is 10.8 Å². The van der Waals surface area contributed by atoms with Gasteiger partial charge in [0.2, 0.25) is 5.88 Å². The molecule has 0 bridgehead atoms. The molecule has 0 spiro atoms. The highest BCUT2D eigenvalue weighted by Crippen LogP contribution is 2.48. The molecule has 26 heavy (non-hydrogen) atoms. The van der Waals surface area contributed by atoms with Gasteiger partial charge in [-0.25, -0.2) is 0 Å². The summed E-state index contributed by atoms with van der Waals surface area (Å²) in [5.74, 6) is 0.294. The molecule has 2 aromatic rings. The Morgan fingerprint density at radius 2 is 1.88 bits per heavy atom. The van der Waals surface area contributed by atoms with Crippen LogP contribution in [0.3, 0.4) is 0 Å². The third kappa shape index (κ3) is 2.57. The lowest BCUT2D eigenvalue weighted by Gasteiger charge is -2.37. The van der Waals surface area contributed by atoms with Gasteiger partial charge in [-0.1, -0.05) is 56.3 Å². The minimum absolute atomic E-state index is 0.0367. The van der Waals surface area contributed by atoms with Crippen LogP contribution in [0.4, 0.5) is 0 Å². The number of nitriles is 1. The molecule has 1 aliphatic heterocycles.